The summed E-state index contributed by atoms with van der Waals surface area (Å²) in [7, 11) is 0. The summed E-state index contributed by atoms with van der Waals surface area (Å²) < 4.78 is 0. The van der Waals surface area contributed by atoms with E-state index in [0.717, 1.165) is 5.56 Å². The van der Waals surface area contributed by atoms with E-state index in [1.165, 1.54) is 12.1 Å². The molecule has 1 rings (SSSR count). The number of rotatable bonds is 1. The molecule has 80 valence electrons. The Morgan fingerprint density at radius 2 is 1.81 bits per heavy atom. The van der Waals surface area contributed by atoms with Crippen LogP contribution in [0.15, 0.2) is 24.3 Å². The van der Waals surface area contributed by atoms with E-state index in [1.54, 1.807) is 12.1 Å². The zero-order chi connectivity index (χ0) is 12.0. The Morgan fingerprint density at radius 1 is 1.19 bits per heavy atom. The summed E-state index contributed by atoms with van der Waals surface area (Å²) in [6.07, 6.45) is 0. The van der Waals surface area contributed by atoms with Gasteiger partial charge in [0, 0.05) is 11.5 Å². The van der Waals surface area contributed by atoms with Gasteiger partial charge >= 0.3 is 5.97 Å². The maximum absolute atomic E-state index is 10.6. The maximum atomic E-state index is 10.6. The van der Waals surface area contributed by atoms with E-state index in [0.29, 0.717) is 5.92 Å². The van der Waals surface area contributed by atoms with E-state index < -0.39 is 5.97 Å². The monoisotopic (exact) mass is 212 g/mol. The second-order valence-electron chi connectivity index (χ2n) is 3.56. The predicted molar refractivity (Wildman–Crippen MR) is 62.9 cm³/mol. The average Bonchev–Trinajstić information content (AvgIpc) is 2.25. The highest BCUT2D eigenvalue weighted by atomic mass is 16.4. The molecular weight excluding hydrogens is 200 g/mol. The van der Waals surface area contributed by atoms with E-state index in [9.17, 15) is 4.79 Å². The summed E-state index contributed by atoms with van der Waals surface area (Å²) in [4.78, 5) is 10.6. The molecule has 1 N–H and O–H groups in total. The maximum Gasteiger partial charge on any atom is 0.335 e. The van der Waals surface area contributed by atoms with Crippen molar-refractivity contribution in [1.29, 1.82) is 0 Å². The van der Waals surface area contributed by atoms with Gasteiger partial charge in [-0.25, -0.2) is 4.79 Å². The molecule has 0 fully saturated rings. The zero-order valence-corrected chi connectivity index (χ0v) is 9.24. The second-order valence-corrected chi connectivity index (χ2v) is 3.56. The van der Waals surface area contributed by atoms with Crippen molar-refractivity contribution in [3.63, 3.8) is 0 Å². The topological polar surface area (TPSA) is 37.3 Å². The van der Waals surface area contributed by atoms with Crippen LogP contribution in [0.4, 0.5) is 0 Å². The first-order valence-electron chi connectivity index (χ1n) is 4.94. The van der Waals surface area contributed by atoms with Gasteiger partial charge in [0.1, 0.15) is 0 Å². The minimum absolute atomic E-state index is 0.263. The first-order valence-corrected chi connectivity index (χ1v) is 4.94. The normalized spacial score (nSPS) is 8.69. The van der Waals surface area contributed by atoms with Crippen LogP contribution in [-0.4, -0.2) is 11.1 Å². The van der Waals surface area contributed by atoms with Crippen LogP contribution in [-0.2, 0) is 0 Å². The lowest BCUT2D eigenvalue weighted by molar-refractivity contribution is 0.0697. The number of carboxylic acids is 1. The Labute approximate surface area is 95.3 Å². The van der Waals surface area contributed by atoms with Gasteiger partial charge in [0.15, 0.2) is 0 Å². The fourth-order valence-corrected chi connectivity index (χ4v) is 0.980. The second kappa shape index (κ2) is 5.63. The van der Waals surface area contributed by atoms with Crippen LogP contribution >= 0.6 is 0 Å². The quantitative estimate of drug-likeness (QED) is 0.726. The first-order chi connectivity index (χ1) is 7.59. The number of aromatic carboxylic acids is 1. The third-order valence-corrected chi connectivity index (χ3v) is 1.76. The molecule has 1 aromatic rings. The number of hydrogen-bond acceptors (Lipinski definition) is 1. The van der Waals surface area contributed by atoms with Crippen molar-refractivity contribution in [2.75, 3.05) is 0 Å². The van der Waals surface area contributed by atoms with Gasteiger partial charge in [-0.3, -0.25) is 0 Å². The molecule has 0 amide bonds. The Bertz CT molecular complexity index is 488. The number of carbonyl (C=O) groups is 1. The molecule has 16 heavy (non-hydrogen) atoms. The Morgan fingerprint density at radius 3 is 2.31 bits per heavy atom. The summed E-state index contributed by atoms with van der Waals surface area (Å²) in [5.74, 6) is 10.6. The molecule has 0 aromatic heterocycles. The molecular formula is C14H12O2. The van der Waals surface area contributed by atoms with Crippen LogP contribution < -0.4 is 0 Å². The zero-order valence-electron chi connectivity index (χ0n) is 9.24. The number of benzene rings is 1. The van der Waals surface area contributed by atoms with Crippen molar-refractivity contribution in [3.05, 3.63) is 35.4 Å². The molecule has 2 nitrogen and oxygen atoms in total. The average molecular weight is 212 g/mol. The molecule has 0 saturated carbocycles. The Hall–Kier alpha value is -2.19. The fraction of sp³-hybridized carbons (Fsp3) is 0.214. The highest BCUT2D eigenvalue weighted by Gasteiger charge is 1.99. The fourth-order valence-electron chi connectivity index (χ4n) is 0.980. The van der Waals surface area contributed by atoms with Crippen molar-refractivity contribution in [2.24, 2.45) is 5.92 Å². The molecule has 2 heteroatoms. The van der Waals surface area contributed by atoms with Gasteiger partial charge in [0.05, 0.1) is 5.56 Å². The third-order valence-electron chi connectivity index (χ3n) is 1.76. The molecule has 1 aromatic carbocycles. The molecule has 0 aliphatic carbocycles. The van der Waals surface area contributed by atoms with Crippen molar-refractivity contribution in [3.8, 4) is 23.7 Å². The molecule has 0 aliphatic rings. The molecule has 0 saturated heterocycles. The molecule has 0 spiro atoms. The Kier molecular flexibility index (Phi) is 4.18. The van der Waals surface area contributed by atoms with Crippen molar-refractivity contribution in [1.82, 2.24) is 0 Å². The Balaban J connectivity index is 2.77. The highest BCUT2D eigenvalue weighted by Crippen LogP contribution is 2.02. The number of carboxylic acid groups (broad SMARTS) is 1. The lowest BCUT2D eigenvalue weighted by atomic mass is 10.1. The van der Waals surface area contributed by atoms with Gasteiger partial charge in [-0.15, -0.1) is 0 Å². The van der Waals surface area contributed by atoms with Crippen LogP contribution in [0, 0.1) is 29.6 Å². The van der Waals surface area contributed by atoms with Crippen LogP contribution in [0.25, 0.3) is 0 Å². The van der Waals surface area contributed by atoms with Crippen molar-refractivity contribution >= 4 is 5.97 Å². The van der Waals surface area contributed by atoms with Crippen molar-refractivity contribution in [2.45, 2.75) is 13.8 Å². The highest BCUT2D eigenvalue weighted by molar-refractivity contribution is 5.87. The van der Waals surface area contributed by atoms with Gasteiger partial charge in [-0.05, 0) is 36.1 Å². The van der Waals surface area contributed by atoms with Gasteiger partial charge in [0.25, 0.3) is 0 Å². The summed E-state index contributed by atoms with van der Waals surface area (Å²) in [5, 5.41) is 8.69. The van der Waals surface area contributed by atoms with E-state index >= 15 is 0 Å². The molecule has 0 bridgehead atoms. The van der Waals surface area contributed by atoms with E-state index in [-0.39, 0.29) is 5.56 Å². The molecule has 0 aliphatic heterocycles. The van der Waals surface area contributed by atoms with Crippen molar-refractivity contribution < 1.29 is 9.90 Å². The molecule has 0 atom stereocenters. The lowest BCUT2D eigenvalue weighted by Crippen LogP contribution is -1.94. The van der Waals surface area contributed by atoms with E-state index in [2.05, 4.69) is 23.7 Å². The summed E-state index contributed by atoms with van der Waals surface area (Å²) in [5.41, 5.74) is 1.03. The predicted octanol–water partition coefficient (Wildman–Crippen LogP) is 2.40. The van der Waals surface area contributed by atoms with E-state index in [4.69, 9.17) is 5.11 Å². The SMILES string of the molecule is CC(C)C#CC#Cc1ccc(C(=O)O)cc1. The van der Waals surface area contributed by atoms with Gasteiger partial charge in [0.2, 0.25) is 0 Å². The smallest absolute Gasteiger partial charge is 0.335 e. The van der Waals surface area contributed by atoms with Crippen LogP contribution in [0.1, 0.15) is 29.8 Å². The summed E-state index contributed by atoms with van der Waals surface area (Å²) in [6, 6.07) is 6.41. The minimum Gasteiger partial charge on any atom is -0.478 e. The van der Waals surface area contributed by atoms with E-state index in [1.807, 2.05) is 13.8 Å². The third kappa shape index (κ3) is 3.90. The largest absolute Gasteiger partial charge is 0.478 e. The molecule has 0 heterocycles. The van der Waals surface area contributed by atoms with Gasteiger partial charge in [-0.2, -0.15) is 0 Å². The van der Waals surface area contributed by atoms with Crippen LogP contribution in [0.2, 0.25) is 0 Å². The molecule has 0 radical (unpaired) electrons. The first kappa shape index (κ1) is 11.9. The summed E-state index contributed by atoms with van der Waals surface area (Å²) >= 11 is 0. The van der Waals surface area contributed by atoms with Crippen LogP contribution in [0.3, 0.4) is 0 Å². The standard InChI is InChI=1S/C14H12O2/c1-11(2)5-3-4-6-12-7-9-13(10-8-12)14(15)16/h7-11H,1-2H3,(H,15,16). The lowest BCUT2D eigenvalue weighted by Gasteiger charge is -1.92. The number of hydrogen-bond donors (Lipinski definition) is 1. The van der Waals surface area contributed by atoms with Gasteiger partial charge < -0.3 is 5.11 Å². The minimum atomic E-state index is -0.931. The summed E-state index contributed by atoms with van der Waals surface area (Å²) in [6.45, 7) is 3.99. The van der Waals surface area contributed by atoms with Gasteiger partial charge in [-0.1, -0.05) is 25.7 Å². The molecule has 0 unspecified atom stereocenters. The van der Waals surface area contributed by atoms with Crippen LogP contribution in [0.5, 0.6) is 0 Å².